The van der Waals surface area contributed by atoms with Gasteiger partial charge in [0.2, 0.25) is 5.91 Å². The zero-order valence-corrected chi connectivity index (χ0v) is 9.94. The second-order valence-electron chi connectivity index (χ2n) is 4.44. The summed E-state index contributed by atoms with van der Waals surface area (Å²) < 4.78 is 0. The summed E-state index contributed by atoms with van der Waals surface area (Å²) in [4.78, 5) is 16.0. The first-order valence-electron chi connectivity index (χ1n) is 5.70. The minimum Gasteiger partial charge on any atom is -0.396 e. The summed E-state index contributed by atoms with van der Waals surface area (Å²) >= 11 is 0. The lowest BCUT2D eigenvalue weighted by Crippen LogP contribution is -2.45. The monoisotopic (exact) mass is 214 g/mol. The van der Waals surface area contributed by atoms with E-state index in [1.165, 1.54) is 0 Å². The van der Waals surface area contributed by atoms with Crippen LogP contribution in [-0.2, 0) is 4.79 Å². The van der Waals surface area contributed by atoms with Crippen LogP contribution in [0.1, 0.15) is 20.3 Å². The van der Waals surface area contributed by atoms with Crippen LogP contribution in [0.3, 0.4) is 0 Å². The van der Waals surface area contributed by atoms with Crippen molar-refractivity contribution in [2.75, 3.05) is 33.3 Å². The summed E-state index contributed by atoms with van der Waals surface area (Å²) in [6.45, 7) is 6.93. The molecule has 4 heteroatoms. The van der Waals surface area contributed by atoms with Crippen LogP contribution < -0.4 is 0 Å². The van der Waals surface area contributed by atoms with E-state index in [1.807, 2.05) is 7.05 Å². The molecule has 2 atom stereocenters. The van der Waals surface area contributed by atoms with E-state index >= 15 is 0 Å². The van der Waals surface area contributed by atoms with Gasteiger partial charge in [0.05, 0.1) is 6.04 Å². The molecule has 1 saturated heterocycles. The normalized spacial score (nSPS) is 29.3. The lowest BCUT2D eigenvalue weighted by Gasteiger charge is -2.28. The highest BCUT2D eigenvalue weighted by Gasteiger charge is 2.31. The Labute approximate surface area is 91.9 Å². The van der Waals surface area contributed by atoms with E-state index in [9.17, 15) is 4.79 Å². The Kier molecular flexibility index (Phi) is 4.54. The lowest BCUT2D eigenvalue weighted by atomic mass is 10.1. The van der Waals surface area contributed by atoms with Crippen LogP contribution in [0.5, 0.6) is 0 Å². The quantitative estimate of drug-likeness (QED) is 0.728. The average molecular weight is 214 g/mol. The minimum absolute atomic E-state index is 0.0785. The molecule has 1 rings (SSSR count). The van der Waals surface area contributed by atoms with E-state index in [2.05, 4.69) is 18.7 Å². The second-order valence-corrected chi connectivity index (χ2v) is 4.44. The van der Waals surface area contributed by atoms with Crippen molar-refractivity contribution in [1.82, 2.24) is 9.80 Å². The van der Waals surface area contributed by atoms with Crippen LogP contribution in [0.25, 0.3) is 0 Å². The zero-order chi connectivity index (χ0) is 11.4. The Morgan fingerprint density at radius 1 is 1.47 bits per heavy atom. The molecule has 1 aliphatic rings. The number of hydrogen-bond donors (Lipinski definition) is 1. The fraction of sp³-hybridized carbons (Fsp3) is 0.909. The van der Waals surface area contributed by atoms with E-state index in [0.717, 1.165) is 19.6 Å². The SMILES string of the molecule is CCN1CC(C)CN(C)C(=O)C1CCO. The van der Waals surface area contributed by atoms with Gasteiger partial charge in [-0.3, -0.25) is 9.69 Å². The van der Waals surface area contributed by atoms with Gasteiger partial charge in [0.15, 0.2) is 0 Å². The molecule has 0 aromatic rings. The van der Waals surface area contributed by atoms with E-state index in [-0.39, 0.29) is 18.6 Å². The maximum Gasteiger partial charge on any atom is 0.239 e. The number of amides is 1. The number of aliphatic hydroxyl groups excluding tert-OH is 1. The van der Waals surface area contributed by atoms with Crippen molar-refractivity contribution in [1.29, 1.82) is 0 Å². The summed E-state index contributed by atoms with van der Waals surface area (Å²) in [7, 11) is 1.85. The highest BCUT2D eigenvalue weighted by Crippen LogP contribution is 2.16. The molecule has 0 radical (unpaired) electrons. The maximum absolute atomic E-state index is 12.0. The van der Waals surface area contributed by atoms with Gasteiger partial charge in [-0.2, -0.15) is 0 Å². The Balaban J connectivity index is 2.80. The van der Waals surface area contributed by atoms with Crippen molar-refractivity contribution in [3.63, 3.8) is 0 Å². The van der Waals surface area contributed by atoms with E-state index in [0.29, 0.717) is 12.3 Å². The maximum atomic E-state index is 12.0. The first kappa shape index (κ1) is 12.5. The van der Waals surface area contributed by atoms with Crippen LogP contribution in [0.15, 0.2) is 0 Å². The van der Waals surface area contributed by atoms with Crippen LogP contribution in [0.4, 0.5) is 0 Å². The molecule has 1 amide bonds. The molecule has 1 aliphatic heterocycles. The number of hydrogen-bond acceptors (Lipinski definition) is 3. The summed E-state index contributed by atoms with van der Waals surface area (Å²) in [6, 6.07) is -0.130. The topological polar surface area (TPSA) is 43.8 Å². The minimum atomic E-state index is -0.130. The van der Waals surface area contributed by atoms with Gasteiger partial charge in [0.1, 0.15) is 0 Å². The molecule has 0 aliphatic carbocycles. The van der Waals surface area contributed by atoms with Crippen molar-refractivity contribution in [2.45, 2.75) is 26.3 Å². The summed E-state index contributed by atoms with van der Waals surface area (Å²) in [6.07, 6.45) is 0.545. The number of carbonyl (C=O) groups excluding carboxylic acids is 1. The Morgan fingerprint density at radius 3 is 2.67 bits per heavy atom. The standard InChI is InChI=1S/C11H22N2O2/c1-4-13-8-9(2)7-12(3)11(15)10(13)5-6-14/h9-10,14H,4-8H2,1-3H3. The second kappa shape index (κ2) is 5.47. The van der Waals surface area contributed by atoms with Crippen LogP contribution in [0, 0.1) is 5.92 Å². The summed E-state index contributed by atoms with van der Waals surface area (Å²) in [5.41, 5.74) is 0. The molecule has 0 aromatic heterocycles. The molecular weight excluding hydrogens is 192 g/mol. The largest absolute Gasteiger partial charge is 0.396 e. The third-order valence-electron chi connectivity index (χ3n) is 3.04. The molecule has 1 N–H and O–H groups in total. The Hall–Kier alpha value is -0.610. The lowest BCUT2D eigenvalue weighted by molar-refractivity contribution is -0.134. The highest BCUT2D eigenvalue weighted by atomic mass is 16.3. The predicted octanol–water partition coefficient (Wildman–Crippen LogP) is 0.167. The molecule has 0 bridgehead atoms. The van der Waals surface area contributed by atoms with Gasteiger partial charge in [-0.1, -0.05) is 13.8 Å². The van der Waals surface area contributed by atoms with E-state index in [1.54, 1.807) is 4.90 Å². The smallest absolute Gasteiger partial charge is 0.239 e. The van der Waals surface area contributed by atoms with E-state index in [4.69, 9.17) is 5.11 Å². The van der Waals surface area contributed by atoms with Gasteiger partial charge < -0.3 is 10.0 Å². The number of carbonyl (C=O) groups is 1. The number of nitrogens with zero attached hydrogens (tertiary/aromatic N) is 2. The first-order chi connectivity index (χ1) is 7.10. The predicted molar refractivity (Wildman–Crippen MR) is 59.5 cm³/mol. The van der Waals surface area contributed by atoms with Crippen LogP contribution >= 0.6 is 0 Å². The molecule has 2 unspecified atom stereocenters. The van der Waals surface area contributed by atoms with Crippen molar-refractivity contribution in [2.24, 2.45) is 5.92 Å². The molecule has 1 fully saturated rings. The van der Waals surface area contributed by atoms with Crippen molar-refractivity contribution in [3.05, 3.63) is 0 Å². The third-order valence-corrected chi connectivity index (χ3v) is 3.04. The van der Waals surface area contributed by atoms with Crippen LogP contribution in [-0.4, -0.2) is 60.1 Å². The number of likely N-dealkylation sites (N-methyl/N-ethyl adjacent to an activating group) is 2. The fourth-order valence-corrected chi connectivity index (χ4v) is 2.33. The van der Waals surface area contributed by atoms with Gasteiger partial charge in [-0.25, -0.2) is 0 Å². The number of rotatable bonds is 3. The molecule has 0 aromatic carbocycles. The summed E-state index contributed by atoms with van der Waals surface area (Å²) in [5.74, 6) is 0.651. The van der Waals surface area contributed by atoms with Crippen molar-refractivity contribution >= 4 is 5.91 Å². The van der Waals surface area contributed by atoms with Gasteiger partial charge in [0.25, 0.3) is 0 Å². The van der Waals surface area contributed by atoms with Gasteiger partial charge in [-0.05, 0) is 18.9 Å². The highest BCUT2D eigenvalue weighted by molar-refractivity contribution is 5.81. The van der Waals surface area contributed by atoms with Gasteiger partial charge >= 0.3 is 0 Å². The molecular formula is C11H22N2O2. The van der Waals surface area contributed by atoms with Crippen molar-refractivity contribution < 1.29 is 9.90 Å². The zero-order valence-electron chi connectivity index (χ0n) is 9.94. The molecule has 1 heterocycles. The molecule has 88 valence electrons. The fourth-order valence-electron chi connectivity index (χ4n) is 2.33. The van der Waals surface area contributed by atoms with Gasteiger partial charge in [-0.15, -0.1) is 0 Å². The first-order valence-corrected chi connectivity index (χ1v) is 5.70. The van der Waals surface area contributed by atoms with Crippen LogP contribution in [0.2, 0.25) is 0 Å². The number of aliphatic hydroxyl groups is 1. The third kappa shape index (κ3) is 2.92. The Morgan fingerprint density at radius 2 is 2.13 bits per heavy atom. The molecule has 0 saturated carbocycles. The molecule has 15 heavy (non-hydrogen) atoms. The molecule has 4 nitrogen and oxygen atoms in total. The van der Waals surface area contributed by atoms with E-state index < -0.39 is 0 Å². The molecule has 0 spiro atoms. The summed E-state index contributed by atoms with van der Waals surface area (Å²) in [5, 5.41) is 9.00. The average Bonchev–Trinajstić information content (AvgIpc) is 2.30. The van der Waals surface area contributed by atoms with Crippen molar-refractivity contribution in [3.8, 4) is 0 Å². The van der Waals surface area contributed by atoms with Gasteiger partial charge in [0, 0.05) is 26.7 Å². The Bertz CT molecular complexity index is 221.